The van der Waals surface area contributed by atoms with Crippen molar-refractivity contribution in [2.75, 3.05) is 6.26 Å². The Morgan fingerprint density at radius 2 is 2.14 bits per heavy atom. The molecule has 1 saturated heterocycles. The monoisotopic (exact) mass is 323 g/mol. The summed E-state index contributed by atoms with van der Waals surface area (Å²) in [6.45, 7) is 2.37. The lowest BCUT2D eigenvalue weighted by Crippen LogP contribution is -2.56. The number of ether oxygens (including phenoxy) is 2. The standard InChI is InChI=1S/C15H21N3O3S/c1-3-11-14(20-9-10-7-5-4-6-8-10)13(19)12(17-18-16)15(21-11)22-2/h4-8,11-15,19H,3,9H2,1-2H3. The van der Waals surface area contributed by atoms with Crippen LogP contribution >= 0.6 is 11.8 Å². The van der Waals surface area contributed by atoms with Gasteiger partial charge in [-0.05, 0) is 23.8 Å². The zero-order valence-electron chi connectivity index (χ0n) is 12.7. The van der Waals surface area contributed by atoms with E-state index in [0.717, 1.165) is 12.0 Å². The minimum Gasteiger partial charge on any atom is -0.390 e. The lowest BCUT2D eigenvalue weighted by atomic mass is 9.96. The first-order chi connectivity index (χ1) is 10.7. The number of thioether (sulfide) groups is 1. The summed E-state index contributed by atoms with van der Waals surface area (Å²) >= 11 is 1.43. The Morgan fingerprint density at radius 1 is 1.41 bits per heavy atom. The molecule has 0 radical (unpaired) electrons. The first-order valence-corrected chi connectivity index (χ1v) is 8.56. The van der Waals surface area contributed by atoms with Crippen molar-refractivity contribution in [1.29, 1.82) is 0 Å². The van der Waals surface area contributed by atoms with Crippen LogP contribution in [0.3, 0.4) is 0 Å². The van der Waals surface area contributed by atoms with Gasteiger partial charge in [0.25, 0.3) is 0 Å². The molecule has 0 bridgehead atoms. The number of azide groups is 1. The van der Waals surface area contributed by atoms with Gasteiger partial charge in [0.2, 0.25) is 0 Å². The fourth-order valence-corrected chi connectivity index (χ4v) is 3.33. The molecule has 7 heteroatoms. The molecule has 22 heavy (non-hydrogen) atoms. The Labute approximate surface area is 134 Å². The molecule has 0 amide bonds. The molecule has 5 atom stereocenters. The molecule has 1 aromatic carbocycles. The largest absolute Gasteiger partial charge is 0.390 e. The first-order valence-electron chi connectivity index (χ1n) is 7.27. The van der Waals surface area contributed by atoms with Gasteiger partial charge in [0.05, 0.1) is 18.8 Å². The highest BCUT2D eigenvalue weighted by molar-refractivity contribution is 7.99. The maximum Gasteiger partial charge on any atom is 0.114 e. The maximum atomic E-state index is 10.6. The van der Waals surface area contributed by atoms with Crippen LogP contribution in [-0.2, 0) is 16.1 Å². The van der Waals surface area contributed by atoms with Crippen LogP contribution in [0.5, 0.6) is 0 Å². The van der Waals surface area contributed by atoms with Crippen LogP contribution in [0.15, 0.2) is 35.4 Å². The van der Waals surface area contributed by atoms with Gasteiger partial charge in [-0.25, -0.2) is 0 Å². The van der Waals surface area contributed by atoms with E-state index in [1.54, 1.807) is 0 Å². The third-order valence-electron chi connectivity index (χ3n) is 3.75. The molecule has 120 valence electrons. The average Bonchev–Trinajstić information content (AvgIpc) is 2.56. The molecule has 0 saturated carbocycles. The summed E-state index contributed by atoms with van der Waals surface area (Å²) in [5, 5.41) is 14.3. The third kappa shape index (κ3) is 3.94. The van der Waals surface area contributed by atoms with E-state index in [4.69, 9.17) is 15.0 Å². The van der Waals surface area contributed by atoms with Crippen molar-refractivity contribution in [3.63, 3.8) is 0 Å². The molecule has 1 N–H and O–H groups in total. The van der Waals surface area contributed by atoms with Crippen LogP contribution in [0, 0.1) is 0 Å². The van der Waals surface area contributed by atoms with E-state index in [1.165, 1.54) is 11.8 Å². The minimum absolute atomic E-state index is 0.221. The summed E-state index contributed by atoms with van der Waals surface area (Å²) in [6.07, 6.45) is 0.979. The Morgan fingerprint density at radius 3 is 2.73 bits per heavy atom. The van der Waals surface area contributed by atoms with Gasteiger partial charge in [-0.3, -0.25) is 0 Å². The van der Waals surface area contributed by atoms with Crippen molar-refractivity contribution in [2.24, 2.45) is 5.11 Å². The first kappa shape index (κ1) is 17.1. The molecule has 0 aliphatic carbocycles. The smallest absolute Gasteiger partial charge is 0.114 e. The van der Waals surface area contributed by atoms with Gasteiger partial charge in [-0.1, -0.05) is 42.4 Å². The van der Waals surface area contributed by atoms with E-state index >= 15 is 0 Å². The second-order valence-corrected chi connectivity index (χ2v) is 6.07. The van der Waals surface area contributed by atoms with Crippen LogP contribution < -0.4 is 0 Å². The molecule has 1 aliphatic heterocycles. The van der Waals surface area contributed by atoms with Crippen LogP contribution in [0.2, 0.25) is 0 Å². The highest BCUT2D eigenvalue weighted by Gasteiger charge is 2.44. The van der Waals surface area contributed by atoms with Gasteiger partial charge in [0.15, 0.2) is 0 Å². The predicted molar refractivity (Wildman–Crippen MR) is 86.4 cm³/mol. The fourth-order valence-electron chi connectivity index (χ4n) is 2.58. The summed E-state index contributed by atoms with van der Waals surface area (Å²) in [7, 11) is 0. The molecular formula is C15H21N3O3S. The number of nitrogens with zero attached hydrogens (tertiary/aromatic N) is 3. The summed E-state index contributed by atoms with van der Waals surface area (Å²) in [5.41, 5.74) is 9.38. The topological polar surface area (TPSA) is 87.5 Å². The Hall–Kier alpha value is -1.24. The number of rotatable bonds is 6. The number of aliphatic hydroxyl groups excluding tert-OH is 1. The minimum atomic E-state index is -0.879. The number of benzene rings is 1. The fraction of sp³-hybridized carbons (Fsp3) is 0.600. The molecule has 1 aromatic rings. The SMILES string of the molecule is CCC1OC(SC)C(N=[N+]=[N-])C(O)C1OCc1ccccc1. The molecule has 5 unspecified atom stereocenters. The molecule has 0 aromatic heterocycles. The van der Waals surface area contributed by atoms with Gasteiger partial charge in [-0.2, -0.15) is 0 Å². The van der Waals surface area contributed by atoms with Crippen molar-refractivity contribution in [2.45, 2.75) is 49.7 Å². The normalized spacial score (nSPS) is 31.5. The molecule has 1 heterocycles. The van der Waals surface area contributed by atoms with Crippen LogP contribution in [0.1, 0.15) is 18.9 Å². The molecule has 0 spiro atoms. The van der Waals surface area contributed by atoms with Gasteiger partial charge in [0.1, 0.15) is 17.6 Å². The zero-order chi connectivity index (χ0) is 15.9. The highest BCUT2D eigenvalue weighted by Crippen LogP contribution is 2.32. The van der Waals surface area contributed by atoms with E-state index in [2.05, 4.69) is 10.0 Å². The maximum absolute atomic E-state index is 10.6. The highest BCUT2D eigenvalue weighted by atomic mass is 32.2. The van der Waals surface area contributed by atoms with Gasteiger partial charge in [-0.15, -0.1) is 11.8 Å². The number of aliphatic hydroxyl groups is 1. The zero-order valence-corrected chi connectivity index (χ0v) is 13.5. The van der Waals surface area contributed by atoms with Gasteiger partial charge >= 0.3 is 0 Å². The molecule has 2 rings (SSSR count). The van der Waals surface area contributed by atoms with Crippen LogP contribution in [0.25, 0.3) is 10.4 Å². The average molecular weight is 323 g/mol. The van der Waals surface area contributed by atoms with Crippen molar-refractivity contribution < 1.29 is 14.6 Å². The second-order valence-electron chi connectivity index (χ2n) is 5.13. The molecule has 1 aliphatic rings. The van der Waals surface area contributed by atoms with Gasteiger partial charge < -0.3 is 14.6 Å². The third-order valence-corrected chi connectivity index (χ3v) is 4.60. The summed E-state index contributed by atoms with van der Waals surface area (Å²) in [5.74, 6) is 0. The van der Waals surface area contributed by atoms with Gasteiger partial charge in [0, 0.05) is 4.91 Å². The molecule has 6 nitrogen and oxygen atoms in total. The van der Waals surface area contributed by atoms with Crippen molar-refractivity contribution >= 4 is 11.8 Å². The van der Waals surface area contributed by atoms with Crippen LogP contribution in [0.4, 0.5) is 0 Å². The van der Waals surface area contributed by atoms with E-state index in [1.807, 2.05) is 43.5 Å². The number of hydrogen-bond acceptors (Lipinski definition) is 5. The Kier molecular flexibility index (Phi) is 6.54. The van der Waals surface area contributed by atoms with Crippen LogP contribution in [-0.4, -0.2) is 41.2 Å². The Bertz CT molecular complexity index is 510. The quantitative estimate of drug-likeness (QED) is 0.495. The number of hydrogen-bond donors (Lipinski definition) is 1. The molecular weight excluding hydrogens is 302 g/mol. The van der Waals surface area contributed by atoms with E-state index in [9.17, 15) is 5.11 Å². The van der Waals surface area contributed by atoms with Crippen molar-refractivity contribution in [3.05, 3.63) is 46.3 Å². The van der Waals surface area contributed by atoms with E-state index in [0.29, 0.717) is 6.61 Å². The van der Waals surface area contributed by atoms with E-state index < -0.39 is 18.2 Å². The van der Waals surface area contributed by atoms with Crippen molar-refractivity contribution in [3.8, 4) is 0 Å². The summed E-state index contributed by atoms with van der Waals surface area (Å²) in [4.78, 5) is 2.83. The summed E-state index contributed by atoms with van der Waals surface area (Å²) < 4.78 is 11.8. The summed E-state index contributed by atoms with van der Waals surface area (Å²) in [6, 6.07) is 9.10. The lowest BCUT2D eigenvalue weighted by molar-refractivity contribution is -0.180. The second kappa shape index (κ2) is 8.41. The van der Waals surface area contributed by atoms with E-state index in [-0.39, 0.29) is 11.5 Å². The molecule has 1 fully saturated rings. The Balaban J connectivity index is 2.10. The van der Waals surface area contributed by atoms with Crippen molar-refractivity contribution in [1.82, 2.24) is 0 Å². The predicted octanol–water partition coefficient (Wildman–Crippen LogP) is 3.11. The lowest BCUT2D eigenvalue weighted by Gasteiger charge is -2.42.